The number of hydrogen-bond acceptors (Lipinski definition) is 3. The van der Waals surface area contributed by atoms with Crippen LogP contribution in [0.5, 0.6) is 0 Å². The zero-order valence-electron chi connectivity index (χ0n) is 12.8. The van der Waals surface area contributed by atoms with Crippen LogP contribution in [0.4, 0.5) is 0 Å². The minimum absolute atomic E-state index is 0.0754. The van der Waals surface area contributed by atoms with Crippen LogP contribution in [0.25, 0.3) is 0 Å². The number of aliphatic carboxylic acids is 1. The van der Waals surface area contributed by atoms with E-state index in [9.17, 15) is 14.7 Å². The average molecular weight is 309 g/mol. The standard InChI is InChI=1S/C19H19NO3/c21-18(15-9-5-2-6-10-15)16-12-20(13-17(16)19(22)23)11-14-7-3-1-4-8-14/h1-10,16-17H,11-13H2,(H,22,23). The molecule has 1 heterocycles. The van der Waals surface area contributed by atoms with E-state index >= 15 is 0 Å². The van der Waals surface area contributed by atoms with E-state index in [0.717, 1.165) is 5.56 Å². The molecule has 0 aromatic heterocycles. The molecule has 1 fully saturated rings. The van der Waals surface area contributed by atoms with Gasteiger partial charge in [-0.15, -0.1) is 0 Å². The summed E-state index contributed by atoms with van der Waals surface area (Å²) in [6.45, 7) is 1.57. The van der Waals surface area contributed by atoms with Crippen molar-refractivity contribution in [1.82, 2.24) is 4.90 Å². The molecule has 1 N–H and O–H groups in total. The molecule has 23 heavy (non-hydrogen) atoms. The van der Waals surface area contributed by atoms with Gasteiger partial charge in [0.05, 0.1) is 5.92 Å². The number of hydrogen-bond donors (Lipinski definition) is 1. The molecule has 1 aliphatic rings. The summed E-state index contributed by atoms with van der Waals surface area (Å²) >= 11 is 0. The van der Waals surface area contributed by atoms with Crippen molar-refractivity contribution in [2.75, 3.05) is 13.1 Å². The number of carbonyl (C=O) groups excluding carboxylic acids is 1. The van der Waals surface area contributed by atoms with Crippen molar-refractivity contribution in [1.29, 1.82) is 0 Å². The highest BCUT2D eigenvalue weighted by atomic mass is 16.4. The first-order chi connectivity index (χ1) is 11.1. The van der Waals surface area contributed by atoms with Gasteiger partial charge in [-0.3, -0.25) is 14.5 Å². The molecule has 0 saturated carbocycles. The van der Waals surface area contributed by atoms with E-state index in [4.69, 9.17) is 0 Å². The zero-order chi connectivity index (χ0) is 16.2. The molecule has 2 aromatic rings. The van der Waals surface area contributed by atoms with Crippen LogP contribution in [0, 0.1) is 11.8 Å². The highest BCUT2D eigenvalue weighted by Gasteiger charge is 2.41. The molecule has 2 unspecified atom stereocenters. The number of benzene rings is 2. The smallest absolute Gasteiger partial charge is 0.308 e. The van der Waals surface area contributed by atoms with Gasteiger partial charge in [-0.05, 0) is 5.56 Å². The topological polar surface area (TPSA) is 57.6 Å². The van der Waals surface area contributed by atoms with Crippen LogP contribution in [0.1, 0.15) is 15.9 Å². The van der Waals surface area contributed by atoms with E-state index in [1.54, 1.807) is 24.3 Å². The first-order valence-corrected chi connectivity index (χ1v) is 7.73. The van der Waals surface area contributed by atoms with Crippen molar-refractivity contribution < 1.29 is 14.7 Å². The van der Waals surface area contributed by atoms with Gasteiger partial charge in [0.15, 0.2) is 5.78 Å². The van der Waals surface area contributed by atoms with Crippen LogP contribution in [0.3, 0.4) is 0 Å². The second-order valence-corrected chi connectivity index (χ2v) is 5.96. The van der Waals surface area contributed by atoms with E-state index in [2.05, 4.69) is 4.90 Å². The number of nitrogens with zero attached hydrogens (tertiary/aromatic N) is 1. The second-order valence-electron chi connectivity index (χ2n) is 5.96. The number of likely N-dealkylation sites (tertiary alicyclic amines) is 1. The van der Waals surface area contributed by atoms with Gasteiger partial charge in [0.2, 0.25) is 0 Å². The first kappa shape index (κ1) is 15.4. The van der Waals surface area contributed by atoms with Crippen molar-refractivity contribution in [3.05, 3.63) is 71.8 Å². The maximum Gasteiger partial charge on any atom is 0.308 e. The predicted octanol–water partition coefficient (Wildman–Crippen LogP) is 2.70. The number of carboxylic acid groups (broad SMARTS) is 1. The zero-order valence-corrected chi connectivity index (χ0v) is 12.8. The molecule has 0 amide bonds. The maximum absolute atomic E-state index is 12.7. The van der Waals surface area contributed by atoms with E-state index in [-0.39, 0.29) is 5.78 Å². The Labute approximate surface area is 135 Å². The van der Waals surface area contributed by atoms with Gasteiger partial charge < -0.3 is 5.11 Å². The Kier molecular flexibility index (Phi) is 4.53. The van der Waals surface area contributed by atoms with Gasteiger partial charge in [0.1, 0.15) is 0 Å². The normalized spacial score (nSPS) is 21.2. The molecule has 2 atom stereocenters. The summed E-state index contributed by atoms with van der Waals surface area (Å²) < 4.78 is 0. The molecule has 4 nitrogen and oxygen atoms in total. The number of carbonyl (C=O) groups is 2. The maximum atomic E-state index is 12.7. The van der Waals surface area contributed by atoms with Crippen molar-refractivity contribution in [2.45, 2.75) is 6.54 Å². The molecule has 1 saturated heterocycles. The van der Waals surface area contributed by atoms with Gasteiger partial charge >= 0.3 is 5.97 Å². The lowest BCUT2D eigenvalue weighted by Gasteiger charge is -2.15. The van der Waals surface area contributed by atoms with Gasteiger partial charge in [0, 0.05) is 31.1 Å². The predicted molar refractivity (Wildman–Crippen MR) is 87.1 cm³/mol. The molecular formula is C19H19NO3. The highest BCUT2D eigenvalue weighted by molar-refractivity contribution is 6.00. The molecule has 2 aromatic carbocycles. The summed E-state index contributed by atoms with van der Waals surface area (Å²) in [5, 5.41) is 9.48. The van der Waals surface area contributed by atoms with E-state index in [0.29, 0.717) is 25.2 Å². The lowest BCUT2D eigenvalue weighted by Crippen LogP contribution is -2.28. The minimum Gasteiger partial charge on any atom is -0.481 e. The largest absolute Gasteiger partial charge is 0.481 e. The summed E-state index contributed by atoms with van der Waals surface area (Å²) in [6, 6.07) is 18.9. The third-order valence-corrected chi connectivity index (χ3v) is 4.36. The van der Waals surface area contributed by atoms with Crippen LogP contribution in [0.2, 0.25) is 0 Å². The fourth-order valence-corrected chi connectivity index (χ4v) is 3.19. The molecule has 3 rings (SSSR count). The average Bonchev–Trinajstić information content (AvgIpc) is 3.00. The minimum atomic E-state index is -0.894. The van der Waals surface area contributed by atoms with E-state index < -0.39 is 17.8 Å². The third kappa shape index (κ3) is 3.48. The Morgan fingerprint density at radius 1 is 0.913 bits per heavy atom. The molecule has 1 aliphatic heterocycles. The molecule has 0 spiro atoms. The third-order valence-electron chi connectivity index (χ3n) is 4.36. The Bertz CT molecular complexity index is 684. The van der Waals surface area contributed by atoms with Crippen molar-refractivity contribution in [2.24, 2.45) is 11.8 Å². The summed E-state index contributed by atoms with van der Waals surface area (Å²) in [4.78, 5) is 26.3. The lowest BCUT2D eigenvalue weighted by atomic mass is 9.88. The number of Topliss-reactive ketones (excluding diaryl/α,β-unsaturated/α-hetero) is 1. The van der Waals surface area contributed by atoms with E-state index in [1.165, 1.54) is 0 Å². The van der Waals surface area contributed by atoms with Crippen LogP contribution in [-0.2, 0) is 11.3 Å². The molecule has 0 bridgehead atoms. The van der Waals surface area contributed by atoms with Crippen LogP contribution in [-0.4, -0.2) is 34.8 Å². The van der Waals surface area contributed by atoms with Crippen molar-refractivity contribution >= 4 is 11.8 Å². The fourth-order valence-electron chi connectivity index (χ4n) is 3.19. The fraction of sp³-hybridized carbons (Fsp3) is 0.263. The SMILES string of the molecule is O=C(O)C1CN(Cc2ccccc2)CC1C(=O)c1ccccc1. The van der Waals surface area contributed by atoms with Gasteiger partial charge in [-0.2, -0.15) is 0 Å². The van der Waals surface area contributed by atoms with Crippen LogP contribution in [0.15, 0.2) is 60.7 Å². The summed E-state index contributed by atoms with van der Waals surface area (Å²) in [5.41, 5.74) is 1.72. The number of ketones is 1. The first-order valence-electron chi connectivity index (χ1n) is 7.73. The quantitative estimate of drug-likeness (QED) is 0.863. The van der Waals surface area contributed by atoms with Gasteiger partial charge in [-0.25, -0.2) is 0 Å². The Hall–Kier alpha value is -2.46. The Morgan fingerprint density at radius 3 is 2.09 bits per heavy atom. The summed E-state index contributed by atoms with van der Waals surface area (Å²) in [6.07, 6.45) is 0. The number of carboxylic acids is 1. The Balaban J connectivity index is 1.76. The molecule has 4 heteroatoms. The van der Waals surface area contributed by atoms with Crippen LogP contribution < -0.4 is 0 Å². The molecular weight excluding hydrogens is 290 g/mol. The van der Waals surface area contributed by atoms with Crippen LogP contribution >= 0.6 is 0 Å². The summed E-state index contributed by atoms with van der Waals surface area (Å²) in [5.74, 6) is -2.10. The highest BCUT2D eigenvalue weighted by Crippen LogP contribution is 2.28. The Morgan fingerprint density at radius 2 is 1.48 bits per heavy atom. The summed E-state index contributed by atoms with van der Waals surface area (Å²) in [7, 11) is 0. The molecule has 118 valence electrons. The van der Waals surface area contributed by atoms with Gasteiger partial charge in [-0.1, -0.05) is 60.7 Å². The molecule has 0 aliphatic carbocycles. The van der Waals surface area contributed by atoms with E-state index in [1.807, 2.05) is 36.4 Å². The lowest BCUT2D eigenvalue weighted by molar-refractivity contribution is -0.142. The monoisotopic (exact) mass is 309 g/mol. The van der Waals surface area contributed by atoms with Gasteiger partial charge in [0.25, 0.3) is 0 Å². The second kappa shape index (κ2) is 6.75. The van der Waals surface area contributed by atoms with Crippen molar-refractivity contribution in [3.63, 3.8) is 0 Å². The number of rotatable bonds is 5. The molecule has 0 radical (unpaired) electrons. The van der Waals surface area contributed by atoms with Crippen molar-refractivity contribution in [3.8, 4) is 0 Å².